The summed E-state index contributed by atoms with van der Waals surface area (Å²) in [7, 11) is 0. The average molecular weight is 199 g/mol. The molecule has 2 heterocycles. The Morgan fingerprint density at radius 3 is 3.08 bits per heavy atom. The summed E-state index contributed by atoms with van der Waals surface area (Å²) in [6.07, 6.45) is 1.04. The maximum Gasteiger partial charge on any atom is 0.166 e. The number of nitrogens with zero attached hydrogens (tertiary/aromatic N) is 3. The molecule has 0 aromatic heterocycles. The zero-order chi connectivity index (χ0) is 9.47. The van der Waals surface area contributed by atoms with E-state index in [4.69, 9.17) is 5.21 Å². The van der Waals surface area contributed by atoms with Crippen LogP contribution in [-0.2, 0) is 0 Å². The van der Waals surface area contributed by atoms with Gasteiger partial charge in [-0.1, -0.05) is 16.9 Å². The Labute approximate surface area is 81.7 Å². The fourth-order valence-electron chi connectivity index (χ4n) is 1.64. The van der Waals surface area contributed by atoms with Gasteiger partial charge in [-0.25, -0.2) is 0 Å². The summed E-state index contributed by atoms with van der Waals surface area (Å²) in [4.78, 5) is 6.41. The summed E-state index contributed by atoms with van der Waals surface area (Å²) in [6, 6.07) is 0. The maximum atomic E-state index is 8.92. The van der Waals surface area contributed by atoms with Crippen molar-refractivity contribution in [1.29, 1.82) is 0 Å². The highest BCUT2D eigenvalue weighted by molar-refractivity contribution is 8.16. The molecule has 0 unspecified atom stereocenters. The molecule has 72 valence electrons. The molecular weight excluding hydrogens is 186 g/mol. The monoisotopic (exact) mass is 199 g/mol. The molecule has 0 atom stereocenters. The van der Waals surface area contributed by atoms with E-state index >= 15 is 0 Å². The van der Waals surface area contributed by atoms with Crippen LogP contribution < -0.4 is 0 Å². The lowest BCUT2D eigenvalue weighted by molar-refractivity contribution is 0.307. The van der Waals surface area contributed by atoms with Crippen LogP contribution >= 0.6 is 11.8 Å². The van der Waals surface area contributed by atoms with Crippen molar-refractivity contribution in [2.24, 2.45) is 10.1 Å². The maximum absolute atomic E-state index is 8.92. The molecule has 0 amide bonds. The number of thioether (sulfide) groups is 1. The fraction of sp³-hybridized carbons (Fsp3) is 0.750. The van der Waals surface area contributed by atoms with Crippen molar-refractivity contribution in [3.8, 4) is 0 Å². The van der Waals surface area contributed by atoms with Crippen LogP contribution in [0, 0.1) is 0 Å². The lowest BCUT2D eigenvalue weighted by atomic mass is 10.1. The molecule has 2 rings (SSSR count). The molecule has 0 aromatic rings. The summed E-state index contributed by atoms with van der Waals surface area (Å²) < 4.78 is -0.141. The van der Waals surface area contributed by atoms with Crippen molar-refractivity contribution in [3.05, 3.63) is 0 Å². The van der Waals surface area contributed by atoms with Gasteiger partial charge in [-0.2, -0.15) is 0 Å². The number of oxime groups is 1. The molecule has 2 aliphatic heterocycles. The number of amidine groups is 2. The van der Waals surface area contributed by atoms with Crippen molar-refractivity contribution >= 4 is 22.8 Å². The number of rotatable bonds is 0. The van der Waals surface area contributed by atoms with Crippen LogP contribution in [0.25, 0.3) is 0 Å². The quantitative estimate of drug-likeness (QED) is 0.473. The fourth-order valence-corrected chi connectivity index (χ4v) is 2.78. The standard InChI is InChI=1S/C8H13N3OS/c1-8(2)6(10-12)11-5-3-4-9-7(11)13-8/h12H,3-5H2,1-2H3. The highest BCUT2D eigenvalue weighted by Crippen LogP contribution is 2.38. The molecule has 1 saturated heterocycles. The summed E-state index contributed by atoms with van der Waals surface area (Å²) in [5.41, 5.74) is 0. The van der Waals surface area contributed by atoms with Gasteiger partial charge in [-0.15, -0.1) is 0 Å². The van der Waals surface area contributed by atoms with Crippen LogP contribution in [0.4, 0.5) is 0 Å². The van der Waals surface area contributed by atoms with Crippen molar-refractivity contribution in [3.63, 3.8) is 0 Å². The van der Waals surface area contributed by atoms with Gasteiger partial charge in [0.05, 0.1) is 4.75 Å². The minimum Gasteiger partial charge on any atom is -0.409 e. The first-order valence-corrected chi connectivity index (χ1v) is 5.20. The Kier molecular flexibility index (Phi) is 1.98. The summed E-state index contributed by atoms with van der Waals surface area (Å²) in [5, 5.41) is 13.3. The van der Waals surface area contributed by atoms with Gasteiger partial charge >= 0.3 is 0 Å². The predicted octanol–water partition coefficient (Wildman–Crippen LogP) is 1.36. The summed E-state index contributed by atoms with van der Waals surface area (Å²) in [6.45, 7) is 5.92. The van der Waals surface area contributed by atoms with Gasteiger partial charge in [-0.05, 0) is 20.3 Å². The molecule has 1 fully saturated rings. The Morgan fingerprint density at radius 2 is 2.38 bits per heavy atom. The number of hydrogen-bond acceptors (Lipinski definition) is 4. The zero-order valence-electron chi connectivity index (χ0n) is 7.82. The first-order valence-electron chi connectivity index (χ1n) is 4.39. The van der Waals surface area contributed by atoms with Crippen molar-refractivity contribution in [2.45, 2.75) is 25.0 Å². The van der Waals surface area contributed by atoms with Gasteiger partial charge in [0.1, 0.15) is 0 Å². The lowest BCUT2D eigenvalue weighted by Crippen LogP contribution is -2.38. The number of hydrogen-bond donors (Lipinski definition) is 1. The van der Waals surface area contributed by atoms with Crippen LogP contribution in [0.2, 0.25) is 0 Å². The van der Waals surface area contributed by atoms with Crippen molar-refractivity contribution in [1.82, 2.24) is 4.90 Å². The molecule has 13 heavy (non-hydrogen) atoms. The molecular formula is C8H13N3OS. The minimum absolute atomic E-state index is 0.141. The van der Waals surface area contributed by atoms with E-state index in [2.05, 4.69) is 10.1 Å². The van der Waals surface area contributed by atoms with Crippen LogP contribution in [0.3, 0.4) is 0 Å². The van der Waals surface area contributed by atoms with Crippen LogP contribution in [0.1, 0.15) is 20.3 Å². The first-order chi connectivity index (χ1) is 6.15. The van der Waals surface area contributed by atoms with E-state index in [0.717, 1.165) is 30.5 Å². The van der Waals surface area contributed by atoms with E-state index in [9.17, 15) is 0 Å². The second-order valence-corrected chi connectivity index (χ2v) is 5.30. The Balaban J connectivity index is 2.37. The third-order valence-electron chi connectivity index (χ3n) is 2.25. The second kappa shape index (κ2) is 2.90. The lowest BCUT2D eigenvalue weighted by Gasteiger charge is -2.22. The van der Waals surface area contributed by atoms with E-state index < -0.39 is 0 Å². The van der Waals surface area contributed by atoms with Gasteiger partial charge in [0.15, 0.2) is 11.0 Å². The van der Waals surface area contributed by atoms with Crippen molar-refractivity contribution in [2.75, 3.05) is 13.1 Å². The molecule has 1 N–H and O–H groups in total. The Morgan fingerprint density at radius 1 is 1.62 bits per heavy atom. The summed E-state index contributed by atoms with van der Waals surface area (Å²) >= 11 is 1.67. The van der Waals surface area contributed by atoms with E-state index in [1.54, 1.807) is 11.8 Å². The third kappa shape index (κ3) is 1.31. The topological polar surface area (TPSA) is 48.2 Å². The Bertz CT molecular complexity index is 285. The highest BCUT2D eigenvalue weighted by atomic mass is 32.2. The first kappa shape index (κ1) is 8.87. The molecule has 2 aliphatic rings. The van der Waals surface area contributed by atoms with E-state index in [1.807, 2.05) is 18.7 Å². The van der Waals surface area contributed by atoms with Gasteiger partial charge in [0.25, 0.3) is 0 Å². The second-order valence-electron chi connectivity index (χ2n) is 3.71. The van der Waals surface area contributed by atoms with Crippen LogP contribution in [0.15, 0.2) is 10.1 Å². The molecule has 0 aliphatic carbocycles. The van der Waals surface area contributed by atoms with Gasteiger partial charge in [-0.3, -0.25) is 4.99 Å². The molecule has 0 radical (unpaired) electrons. The molecule has 0 spiro atoms. The largest absolute Gasteiger partial charge is 0.409 e. The van der Waals surface area contributed by atoms with Gasteiger partial charge in [0.2, 0.25) is 0 Å². The number of aliphatic imine (C=N–C) groups is 1. The van der Waals surface area contributed by atoms with Gasteiger partial charge < -0.3 is 10.1 Å². The molecule has 0 bridgehead atoms. The average Bonchev–Trinajstić information content (AvgIpc) is 2.33. The van der Waals surface area contributed by atoms with E-state index in [1.165, 1.54) is 0 Å². The summed E-state index contributed by atoms with van der Waals surface area (Å²) in [5.74, 6) is 0.732. The molecule has 0 saturated carbocycles. The van der Waals surface area contributed by atoms with Gasteiger partial charge in [0, 0.05) is 13.1 Å². The smallest absolute Gasteiger partial charge is 0.166 e. The highest BCUT2D eigenvalue weighted by Gasteiger charge is 2.43. The van der Waals surface area contributed by atoms with Crippen LogP contribution in [0.5, 0.6) is 0 Å². The minimum atomic E-state index is -0.141. The molecule has 4 nitrogen and oxygen atoms in total. The number of fused-ring (bicyclic) bond motifs is 1. The predicted molar refractivity (Wildman–Crippen MR) is 54.5 cm³/mol. The SMILES string of the molecule is CC1(C)SC2=NCCCN2C1=NO. The third-order valence-corrected chi connectivity index (χ3v) is 3.48. The normalized spacial score (nSPS) is 28.9. The van der Waals surface area contributed by atoms with E-state index in [0.29, 0.717) is 0 Å². The molecule has 5 heteroatoms. The van der Waals surface area contributed by atoms with Crippen LogP contribution in [-0.4, -0.2) is 38.9 Å². The Hall–Kier alpha value is -0.710. The van der Waals surface area contributed by atoms with Crippen molar-refractivity contribution < 1.29 is 5.21 Å². The zero-order valence-corrected chi connectivity index (χ0v) is 8.63. The molecule has 0 aromatic carbocycles. The van der Waals surface area contributed by atoms with E-state index in [-0.39, 0.29) is 4.75 Å².